The van der Waals surface area contributed by atoms with Gasteiger partial charge in [-0.3, -0.25) is 10.6 Å². The maximum Gasteiger partial charge on any atom is 0.433 e. The first-order valence-corrected chi connectivity index (χ1v) is 11.0. The lowest BCUT2D eigenvalue weighted by molar-refractivity contribution is -0.329. The van der Waals surface area contributed by atoms with Crippen molar-refractivity contribution in [1.29, 1.82) is 0 Å². The Morgan fingerprint density at radius 3 is 2.03 bits per heavy atom. The molecule has 36 heavy (non-hydrogen) atoms. The van der Waals surface area contributed by atoms with Crippen molar-refractivity contribution in [3.63, 3.8) is 0 Å². The van der Waals surface area contributed by atoms with E-state index in [2.05, 4.69) is 35.3 Å². The summed E-state index contributed by atoms with van der Waals surface area (Å²) < 4.78 is 29.7. The molecule has 17 heteroatoms. The van der Waals surface area contributed by atoms with Crippen LogP contribution in [0, 0.1) is 0 Å². The highest BCUT2D eigenvalue weighted by Gasteiger charge is 2.16. The molecule has 0 aromatic rings. The average Bonchev–Trinajstić information content (AvgIpc) is 2.85. The number of aldehydes is 1. The molecule has 4 amide bonds. The third-order valence-corrected chi connectivity index (χ3v) is 3.47. The first-order chi connectivity index (χ1) is 17.4. The van der Waals surface area contributed by atoms with Crippen molar-refractivity contribution in [3.05, 3.63) is 0 Å². The summed E-state index contributed by atoms with van der Waals surface area (Å²) in [4.78, 5) is 64.8. The van der Waals surface area contributed by atoms with Gasteiger partial charge in [-0.25, -0.2) is 19.2 Å². The normalized spacial score (nSPS) is 10.9. The quantitative estimate of drug-likeness (QED) is 0.0415. The predicted octanol–water partition coefficient (Wildman–Crippen LogP) is 0.0901. The van der Waals surface area contributed by atoms with Gasteiger partial charge < -0.3 is 38.5 Å². The fraction of sp³-hybridized carbons (Fsp3) is 0.737. The lowest BCUT2D eigenvalue weighted by Crippen LogP contribution is -2.36. The van der Waals surface area contributed by atoms with Gasteiger partial charge >= 0.3 is 24.4 Å². The summed E-state index contributed by atoms with van der Waals surface area (Å²) in [5.74, 6) is 0. The van der Waals surface area contributed by atoms with Crippen LogP contribution in [0.4, 0.5) is 19.2 Å². The third kappa shape index (κ3) is 21.1. The largest absolute Gasteiger partial charge is 0.450 e. The summed E-state index contributed by atoms with van der Waals surface area (Å²) in [6.07, 6.45) is -2.62. The van der Waals surface area contributed by atoms with Gasteiger partial charge in [0.25, 0.3) is 0 Å². The smallest absolute Gasteiger partial charge is 0.433 e. The van der Waals surface area contributed by atoms with Crippen molar-refractivity contribution in [3.8, 4) is 0 Å². The van der Waals surface area contributed by atoms with Gasteiger partial charge in [0, 0.05) is 19.6 Å². The van der Waals surface area contributed by atoms with E-state index in [-0.39, 0.29) is 59.3 Å². The Labute approximate surface area is 207 Å². The third-order valence-electron chi connectivity index (χ3n) is 3.47. The van der Waals surface area contributed by atoms with Crippen LogP contribution in [0.1, 0.15) is 26.7 Å². The van der Waals surface area contributed by atoms with Gasteiger partial charge in [0.05, 0.1) is 19.8 Å². The Bertz CT molecular complexity index is 638. The van der Waals surface area contributed by atoms with Gasteiger partial charge in [-0.2, -0.15) is 10.4 Å². The van der Waals surface area contributed by atoms with E-state index in [4.69, 9.17) is 18.9 Å². The molecule has 1 atom stereocenters. The number of hydrogen-bond donors (Lipinski definition) is 4. The van der Waals surface area contributed by atoms with Gasteiger partial charge in [0.1, 0.15) is 32.3 Å². The van der Waals surface area contributed by atoms with Crippen molar-refractivity contribution >= 4 is 30.7 Å². The molecule has 0 spiro atoms. The lowest BCUT2D eigenvalue weighted by atomic mass is 10.3. The molecule has 208 valence electrons. The van der Waals surface area contributed by atoms with E-state index in [0.29, 0.717) is 6.42 Å². The number of alkyl carbamates (subject to hydrolysis) is 3. The molecular formula is C19H34N4O13. The number of carbonyl (C=O) groups is 5. The minimum absolute atomic E-state index is 0.0911. The molecule has 0 aromatic heterocycles. The second kappa shape index (κ2) is 23.3. The first-order valence-electron chi connectivity index (χ1n) is 11.0. The highest BCUT2D eigenvalue weighted by atomic mass is 17.3. The van der Waals surface area contributed by atoms with Crippen LogP contribution in [-0.2, 0) is 43.1 Å². The average molecular weight is 526 g/mol. The molecule has 0 saturated carbocycles. The van der Waals surface area contributed by atoms with Crippen molar-refractivity contribution in [2.45, 2.75) is 32.8 Å². The molecular weight excluding hydrogens is 492 g/mol. The maximum atomic E-state index is 11.8. The summed E-state index contributed by atoms with van der Waals surface area (Å²) >= 11 is 0. The second-order valence-electron chi connectivity index (χ2n) is 6.22. The molecule has 0 radical (unpaired) electrons. The molecule has 0 saturated heterocycles. The summed E-state index contributed by atoms with van der Waals surface area (Å²) in [5, 5.41) is 6.93. The zero-order valence-corrected chi connectivity index (χ0v) is 20.2. The highest BCUT2D eigenvalue weighted by molar-refractivity contribution is 5.67. The molecule has 0 aliphatic heterocycles. The van der Waals surface area contributed by atoms with Gasteiger partial charge in [-0.1, -0.05) is 0 Å². The van der Waals surface area contributed by atoms with E-state index in [1.54, 1.807) is 19.3 Å². The predicted molar refractivity (Wildman–Crippen MR) is 117 cm³/mol. The minimum atomic E-state index is -1.05. The fourth-order valence-corrected chi connectivity index (χ4v) is 1.93. The summed E-state index contributed by atoms with van der Waals surface area (Å²) in [6.45, 7) is 2.93. The maximum absolute atomic E-state index is 11.8. The number of unbranched alkanes of at least 4 members (excludes halogenated alkanes) is 1. The van der Waals surface area contributed by atoms with Gasteiger partial charge in [0.2, 0.25) is 0 Å². The monoisotopic (exact) mass is 526 g/mol. The Morgan fingerprint density at radius 1 is 0.778 bits per heavy atom. The van der Waals surface area contributed by atoms with Crippen LogP contribution in [0.5, 0.6) is 0 Å². The highest BCUT2D eigenvalue weighted by Crippen LogP contribution is 1.99. The molecule has 0 aliphatic carbocycles. The molecule has 1 unspecified atom stereocenters. The van der Waals surface area contributed by atoms with E-state index in [1.807, 2.05) is 0 Å². The van der Waals surface area contributed by atoms with E-state index in [0.717, 1.165) is 6.29 Å². The van der Waals surface area contributed by atoms with Crippen LogP contribution in [0.25, 0.3) is 0 Å². The van der Waals surface area contributed by atoms with E-state index in [9.17, 15) is 24.0 Å². The fourth-order valence-electron chi connectivity index (χ4n) is 1.93. The second-order valence-corrected chi connectivity index (χ2v) is 6.22. The van der Waals surface area contributed by atoms with Crippen molar-refractivity contribution in [2.75, 3.05) is 59.6 Å². The van der Waals surface area contributed by atoms with Gasteiger partial charge in [-0.05, 0) is 20.3 Å². The summed E-state index contributed by atoms with van der Waals surface area (Å²) in [7, 11) is 0. The Morgan fingerprint density at radius 2 is 1.39 bits per heavy atom. The van der Waals surface area contributed by atoms with Crippen molar-refractivity contribution < 1.29 is 62.3 Å². The molecule has 4 N–H and O–H groups in total. The number of hydrogen-bond acceptors (Lipinski definition) is 13. The number of carbonyl (C=O) groups excluding carboxylic acids is 5. The number of ether oxygens (including phenoxy) is 6. The molecule has 0 aromatic carbocycles. The number of rotatable bonds is 20. The lowest BCUT2D eigenvalue weighted by Gasteiger charge is -2.18. The Kier molecular flexibility index (Phi) is 21.1. The topological polar surface area (TPSA) is 207 Å². The van der Waals surface area contributed by atoms with Crippen LogP contribution < -0.4 is 21.4 Å². The van der Waals surface area contributed by atoms with E-state index >= 15 is 0 Å². The Hall–Kier alpha value is -3.41. The minimum Gasteiger partial charge on any atom is -0.450 e. The van der Waals surface area contributed by atoms with Gasteiger partial charge in [0.15, 0.2) is 6.73 Å². The molecule has 0 heterocycles. The van der Waals surface area contributed by atoms with Crippen LogP contribution in [0.2, 0.25) is 0 Å². The van der Waals surface area contributed by atoms with Crippen LogP contribution >= 0.6 is 0 Å². The van der Waals surface area contributed by atoms with E-state index < -0.39 is 37.2 Å². The molecule has 0 rings (SSSR count). The standard InChI is InChI=1S/C19H34N4O13/c1-3-30-17(26)21-13-29-10-7-20-16(25)33-11-15(32-9-6-5-8-24)12-34-19(28)23-36-35-14-22-18(27)31-4-2/h8,15H,3-7,9-14H2,1-2H3,(H,20,25)(H,21,26)(H,22,27)(H,23,28). The van der Waals surface area contributed by atoms with Crippen LogP contribution in [0.3, 0.4) is 0 Å². The van der Waals surface area contributed by atoms with Crippen LogP contribution in [-0.4, -0.2) is 96.4 Å². The number of hydroxylamine groups is 1. The number of nitrogens with one attached hydrogen (secondary N) is 4. The Balaban J connectivity index is 4.13. The van der Waals surface area contributed by atoms with Crippen molar-refractivity contribution in [1.82, 2.24) is 21.4 Å². The first kappa shape index (κ1) is 32.6. The summed E-state index contributed by atoms with van der Waals surface area (Å²) in [6, 6.07) is 0. The SMILES string of the molecule is CCOC(=O)NCOCCNC(=O)OCC(COC(=O)NOOCNC(=O)OCC)OCCCC=O. The summed E-state index contributed by atoms with van der Waals surface area (Å²) in [5.41, 5.74) is 1.80. The molecule has 0 fully saturated rings. The van der Waals surface area contributed by atoms with Crippen LogP contribution in [0.15, 0.2) is 0 Å². The zero-order chi connectivity index (χ0) is 26.9. The number of amides is 4. The van der Waals surface area contributed by atoms with Crippen molar-refractivity contribution in [2.24, 2.45) is 0 Å². The molecule has 0 bridgehead atoms. The molecule has 17 nitrogen and oxygen atoms in total. The van der Waals surface area contributed by atoms with Gasteiger partial charge in [-0.15, -0.1) is 4.99 Å². The molecule has 0 aliphatic rings. The van der Waals surface area contributed by atoms with E-state index in [1.165, 1.54) is 0 Å². The zero-order valence-electron chi connectivity index (χ0n) is 20.2.